The quantitative estimate of drug-likeness (QED) is 0.209. The minimum atomic E-state index is -1.84. The van der Waals surface area contributed by atoms with E-state index in [0.717, 1.165) is 0 Å². The van der Waals surface area contributed by atoms with E-state index in [1.54, 1.807) is 0 Å². The maximum Gasteiger partial charge on any atom is 3.00 e. The van der Waals surface area contributed by atoms with Gasteiger partial charge in [-0.3, -0.25) is 0 Å². The van der Waals surface area contributed by atoms with Crippen molar-refractivity contribution in [3.8, 4) is 0 Å². The van der Waals surface area contributed by atoms with Crippen molar-refractivity contribution in [1.82, 2.24) is 0 Å². The summed E-state index contributed by atoms with van der Waals surface area (Å²) in [5, 5.41) is 50.9. The van der Waals surface area contributed by atoms with Gasteiger partial charge in [0, 0.05) is 0 Å². The van der Waals surface area contributed by atoms with E-state index >= 15 is 0 Å². The summed E-state index contributed by atoms with van der Waals surface area (Å²) in [4.78, 5) is 27.6. The Morgan fingerprint density at radius 3 is 0.737 bits per heavy atom. The van der Waals surface area contributed by atoms with Gasteiger partial charge in [-0.1, -0.05) is 0 Å². The van der Waals surface area contributed by atoms with Crippen LogP contribution in [0.1, 0.15) is 0 Å². The van der Waals surface area contributed by atoms with Gasteiger partial charge in [0.2, 0.25) is 0 Å². The Labute approximate surface area is 117 Å². The minimum Gasteiger partial charge on any atom is -0.546 e. The Kier molecular flexibility index (Phi) is 20.4. The Morgan fingerprint density at radius 2 is 0.737 bits per heavy atom. The van der Waals surface area contributed by atoms with Gasteiger partial charge >= 0.3 is 17.4 Å². The number of aliphatic hydroxyl groups excluding tert-OH is 3. The van der Waals surface area contributed by atoms with E-state index in [0.29, 0.717) is 0 Å². The number of carboxylic acids is 3. The number of nitrogens with two attached hydrogens (primary N) is 3. The fourth-order valence-corrected chi connectivity index (χ4v) is 0. The molecule has 0 aliphatic carbocycles. The number of rotatable bonds is 3. The number of carboxylic acid groups (broad SMARTS) is 3. The molecule has 108 valence electrons. The molecular weight excluding hydrogens is 285 g/mol. The van der Waals surface area contributed by atoms with Crippen LogP contribution in [-0.2, 0) is 14.4 Å². The van der Waals surface area contributed by atoms with E-state index in [-0.39, 0.29) is 17.4 Å². The van der Waals surface area contributed by atoms with Crippen LogP contribution in [0.5, 0.6) is 0 Å². The molecule has 19 heavy (non-hydrogen) atoms. The Morgan fingerprint density at radius 1 is 0.684 bits per heavy atom. The van der Waals surface area contributed by atoms with E-state index < -0.39 is 36.6 Å². The molecule has 0 saturated heterocycles. The van der Waals surface area contributed by atoms with Crippen LogP contribution in [0.15, 0.2) is 0 Å². The standard InChI is InChI=1S/3C2H5NO3.Al/c3*3-1(4)2(5)6;/h3*1,4H,3H2,(H,5,6);/q;;;+3/p-3. The van der Waals surface area contributed by atoms with E-state index in [1.165, 1.54) is 0 Å². The molecule has 3 atom stereocenters. The van der Waals surface area contributed by atoms with Crippen LogP contribution < -0.4 is 32.5 Å². The van der Waals surface area contributed by atoms with Gasteiger partial charge in [-0.25, -0.2) is 0 Å². The third-order valence-corrected chi connectivity index (χ3v) is 0.724. The molecule has 3 unspecified atom stereocenters. The molecule has 0 aliphatic heterocycles. The molecule has 0 aliphatic rings. The SMILES string of the molecule is NC(O)C(=O)[O-].NC(O)C(=O)[O-].NC(O)C(=O)[O-].[Al+3]. The molecule has 0 saturated carbocycles. The normalized spacial score (nSPS) is 12.9. The van der Waals surface area contributed by atoms with Gasteiger partial charge in [0.25, 0.3) is 0 Å². The summed E-state index contributed by atoms with van der Waals surface area (Å²) < 4.78 is 0. The predicted molar refractivity (Wildman–Crippen MR) is 51.4 cm³/mol. The number of hydrogen-bond acceptors (Lipinski definition) is 12. The van der Waals surface area contributed by atoms with Gasteiger partial charge in [0.1, 0.15) is 18.7 Å². The minimum absolute atomic E-state index is 0. The average molecular weight is 297 g/mol. The van der Waals surface area contributed by atoms with Crippen molar-refractivity contribution >= 4 is 35.3 Å². The topological polar surface area (TPSA) is 259 Å². The molecule has 0 amide bonds. The van der Waals surface area contributed by atoms with Crippen LogP contribution in [0.4, 0.5) is 0 Å². The number of hydrogen-bond donors (Lipinski definition) is 6. The van der Waals surface area contributed by atoms with Crippen LogP contribution in [0, 0.1) is 0 Å². The monoisotopic (exact) mass is 297 g/mol. The third-order valence-electron chi connectivity index (χ3n) is 0.724. The summed E-state index contributed by atoms with van der Waals surface area (Å²) in [6, 6.07) is 0. The average Bonchev–Trinajstić information content (AvgIpc) is 2.18. The molecule has 9 N–H and O–H groups in total. The van der Waals surface area contributed by atoms with E-state index in [4.69, 9.17) is 15.3 Å². The number of aliphatic carboxylic acids is 3. The molecule has 0 aromatic rings. The van der Waals surface area contributed by atoms with Crippen molar-refractivity contribution in [3.05, 3.63) is 0 Å². The first kappa shape index (κ1) is 26.3. The van der Waals surface area contributed by atoms with Crippen LogP contribution in [0.3, 0.4) is 0 Å². The molecule has 12 nitrogen and oxygen atoms in total. The van der Waals surface area contributed by atoms with Gasteiger partial charge in [-0.15, -0.1) is 0 Å². The van der Waals surface area contributed by atoms with Gasteiger partial charge in [0.15, 0.2) is 0 Å². The predicted octanol–water partition coefficient (Wildman–Crippen LogP) is -9.34. The van der Waals surface area contributed by atoms with Crippen LogP contribution in [0.2, 0.25) is 0 Å². The van der Waals surface area contributed by atoms with Gasteiger partial charge < -0.3 is 62.2 Å². The number of aliphatic hydroxyl groups is 3. The molecular formula is C6H12AlN3O9. The van der Waals surface area contributed by atoms with Crippen molar-refractivity contribution in [1.29, 1.82) is 0 Å². The first-order chi connectivity index (χ1) is 7.93. The molecule has 0 fully saturated rings. The van der Waals surface area contributed by atoms with Crippen molar-refractivity contribution in [2.24, 2.45) is 17.2 Å². The van der Waals surface area contributed by atoms with Gasteiger partial charge in [0.05, 0.1) is 17.9 Å². The molecule has 13 heteroatoms. The second-order valence-corrected chi connectivity index (χ2v) is 2.29. The van der Waals surface area contributed by atoms with Crippen LogP contribution in [0.25, 0.3) is 0 Å². The molecule has 0 heterocycles. The smallest absolute Gasteiger partial charge is 0.546 e. The van der Waals surface area contributed by atoms with Gasteiger partial charge in [-0.2, -0.15) is 0 Å². The Bertz CT molecular complexity index is 228. The van der Waals surface area contributed by atoms with E-state index in [9.17, 15) is 29.7 Å². The molecule has 0 spiro atoms. The maximum absolute atomic E-state index is 9.21. The number of carbonyl (C=O) groups is 3. The third kappa shape index (κ3) is 31.5. The second kappa shape index (κ2) is 14.8. The fraction of sp³-hybridized carbons (Fsp3) is 0.500. The summed E-state index contributed by atoms with van der Waals surface area (Å²) >= 11 is 0. The summed E-state index contributed by atoms with van der Waals surface area (Å²) in [6.45, 7) is 0. The summed E-state index contributed by atoms with van der Waals surface area (Å²) in [7, 11) is 0. The molecule has 0 radical (unpaired) electrons. The zero-order chi connectivity index (χ0) is 15.5. The number of carbonyl (C=O) groups excluding carboxylic acids is 3. The van der Waals surface area contributed by atoms with Crippen LogP contribution in [-0.4, -0.2) is 69.3 Å². The van der Waals surface area contributed by atoms with E-state index in [2.05, 4.69) is 17.2 Å². The van der Waals surface area contributed by atoms with Crippen molar-refractivity contribution in [3.63, 3.8) is 0 Å². The summed E-state index contributed by atoms with van der Waals surface area (Å²) in [5.74, 6) is -4.97. The second-order valence-electron chi connectivity index (χ2n) is 2.29. The van der Waals surface area contributed by atoms with Gasteiger partial charge in [-0.05, 0) is 0 Å². The van der Waals surface area contributed by atoms with E-state index in [1.807, 2.05) is 0 Å². The van der Waals surface area contributed by atoms with Crippen molar-refractivity contribution in [2.75, 3.05) is 0 Å². The first-order valence-electron chi connectivity index (χ1n) is 3.87. The molecule has 0 rings (SSSR count). The molecule has 0 aromatic heterocycles. The molecule has 0 bridgehead atoms. The Balaban J connectivity index is -0.0000000865. The zero-order valence-electron chi connectivity index (χ0n) is 9.33. The Hall–Kier alpha value is -1.30. The van der Waals surface area contributed by atoms with Crippen LogP contribution >= 0.6 is 0 Å². The summed E-state index contributed by atoms with van der Waals surface area (Å²) in [5.41, 5.74) is 13.0. The van der Waals surface area contributed by atoms with Crippen molar-refractivity contribution < 1.29 is 45.0 Å². The molecule has 0 aromatic carbocycles. The first-order valence-corrected chi connectivity index (χ1v) is 3.87. The zero-order valence-corrected chi connectivity index (χ0v) is 10.5. The maximum atomic E-state index is 9.21. The largest absolute Gasteiger partial charge is 3.00 e. The summed E-state index contributed by atoms with van der Waals surface area (Å²) in [6.07, 6.45) is -5.53. The fourth-order valence-electron chi connectivity index (χ4n) is 0. The van der Waals surface area contributed by atoms with Crippen molar-refractivity contribution in [2.45, 2.75) is 18.7 Å².